The maximum Gasteiger partial charge on any atom is 0.205 e. The largest absolute Gasteiger partial charge is 0.342 e. The Labute approximate surface area is 127 Å². The van der Waals surface area contributed by atoms with Gasteiger partial charge >= 0.3 is 0 Å². The Kier molecular flexibility index (Phi) is 5.34. The maximum atomic E-state index is 4.64. The lowest BCUT2D eigenvalue weighted by molar-refractivity contribution is 0.781. The summed E-state index contributed by atoms with van der Waals surface area (Å²) in [5, 5.41) is 1.93. The van der Waals surface area contributed by atoms with Crippen molar-refractivity contribution in [3.05, 3.63) is 41.7 Å². The Bertz CT molecular complexity index is 498. The minimum absolute atomic E-state index is 0.382. The number of aromatic nitrogens is 2. The van der Waals surface area contributed by atoms with E-state index in [2.05, 4.69) is 68.3 Å². The molecule has 0 saturated heterocycles. The van der Waals surface area contributed by atoms with E-state index in [1.807, 2.05) is 6.07 Å². The van der Waals surface area contributed by atoms with Gasteiger partial charge in [0.15, 0.2) is 0 Å². The van der Waals surface area contributed by atoms with Crippen LogP contribution >= 0.6 is 27.5 Å². The first-order valence-corrected chi connectivity index (χ1v) is 8.28. The molecule has 0 aliphatic rings. The van der Waals surface area contributed by atoms with E-state index in [0.717, 1.165) is 29.4 Å². The highest BCUT2D eigenvalue weighted by Gasteiger charge is 2.14. The van der Waals surface area contributed by atoms with E-state index >= 15 is 0 Å². The van der Waals surface area contributed by atoms with Crippen LogP contribution in [0.15, 0.2) is 30.3 Å². The molecule has 102 valence electrons. The van der Waals surface area contributed by atoms with Crippen LogP contribution in [0.2, 0.25) is 0 Å². The average Bonchev–Trinajstić information content (AvgIpc) is 2.89. The number of alkyl halides is 1. The average molecular weight is 340 g/mol. The third kappa shape index (κ3) is 4.01. The number of rotatable bonds is 6. The molecule has 0 radical (unpaired) electrons. The summed E-state index contributed by atoms with van der Waals surface area (Å²) in [5.74, 6) is 1.32. The van der Waals surface area contributed by atoms with Crippen LogP contribution in [0.1, 0.15) is 31.2 Å². The molecule has 5 heteroatoms. The normalized spacial score (nSPS) is 10.9. The molecule has 3 nitrogen and oxygen atoms in total. The van der Waals surface area contributed by atoms with E-state index in [-0.39, 0.29) is 0 Å². The molecule has 0 spiro atoms. The molecule has 0 fully saturated rings. The summed E-state index contributed by atoms with van der Waals surface area (Å²) in [7, 11) is 0. The first kappa shape index (κ1) is 14.5. The second-order valence-corrected chi connectivity index (χ2v) is 6.21. The van der Waals surface area contributed by atoms with E-state index in [4.69, 9.17) is 0 Å². The van der Waals surface area contributed by atoms with Gasteiger partial charge in [0.25, 0.3) is 0 Å². The highest BCUT2D eigenvalue weighted by Crippen LogP contribution is 2.23. The zero-order chi connectivity index (χ0) is 13.7. The zero-order valence-corrected chi connectivity index (χ0v) is 13.6. The van der Waals surface area contributed by atoms with Gasteiger partial charge in [-0.15, -0.1) is 0 Å². The Morgan fingerprint density at radius 1 is 1.26 bits per heavy atom. The van der Waals surface area contributed by atoms with Crippen molar-refractivity contribution in [1.29, 1.82) is 0 Å². The number of benzene rings is 1. The minimum atomic E-state index is 0.382. The summed E-state index contributed by atoms with van der Waals surface area (Å²) in [6.07, 6.45) is 0. The predicted molar refractivity (Wildman–Crippen MR) is 85.3 cm³/mol. The molecule has 0 unspecified atom stereocenters. The minimum Gasteiger partial charge on any atom is -0.342 e. The van der Waals surface area contributed by atoms with Crippen molar-refractivity contribution in [3.63, 3.8) is 0 Å². The highest BCUT2D eigenvalue weighted by molar-refractivity contribution is 9.09. The molecule has 2 aromatic rings. The summed E-state index contributed by atoms with van der Waals surface area (Å²) in [6, 6.07) is 10.5. The molecule has 0 aliphatic carbocycles. The second-order valence-electron chi connectivity index (χ2n) is 4.69. The molecule has 0 amide bonds. The van der Waals surface area contributed by atoms with Crippen molar-refractivity contribution < 1.29 is 0 Å². The first-order valence-electron chi connectivity index (χ1n) is 6.39. The van der Waals surface area contributed by atoms with Crippen LogP contribution < -0.4 is 4.90 Å². The van der Waals surface area contributed by atoms with Gasteiger partial charge < -0.3 is 4.90 Å². The van der Waals surface area contributed by atoms with E-state index < -0.39 is 0 Å². The second kappa shape index (κ2) is 7.01. The molecule has 1 heterocycles. The van der Waals surface area contributed by atoms with E-state index in [9.17, 15) is 0 Å². The lowest BCUT2D eigenvalue weighted by Crippen LogP contribution is -2.24. The summed E-state index contributed by atoms with van der Waals surface area (Å²) < 4.78 is 4.43. The van der Waals surface area contributed by atoms with E-state index in [0.29, 0.717) is 5.92 Å². The van der Waals surface area contributed by atoms with Crippen molar-refractivity contribution in [1.82, 2.24) is 9.36 Å². The molecular formula is C14H18BrN3S. The van der Waals surface area contributed by atoms with Crippen molar-refractivity contribution in [2.45, 2.75) is 26.3 Å². The molecule has 2 rings (SSSR count). The Morgan fingerprint density at radius 3 is 2.58 bits per heavy atom. The Morgan fingerprint density at radius 2 is 2.00 bits per heavy atom. The first-order chi connectivity index (χ1) is 9.20. The fourth-order valence-electron chi connectivity index (χ4n) is 1.74. The number of hydrogen-bond donors (Lipinski definition) is 0. The number of anilines is 1. The van der Waals surface area contributed by atoms with Crippen LogP contribution in [0.5, 0.6) is 0 Å². The smallest absolute Gasteiger partial charge is 0.205 e. The summed E-state index contributed by atoms with van der Waals surface area (Å²) in [5.41, 5.74) is 1.30. The molecule has 0 N–H and O–H groups in total. The van der Waals surface area contributed by atoms with Crippen LogP contribution in [0.25, 0.3) is 0 Å². The molecule has 0 atom stereocenters. The third-order valence-corrected chi connectivity index (χ3v) is 3.93. The molecular weight excluding hydrogens is 322 g/mol. The summed E-state index contributed by atoms with van der Waals surface area (Å²) in [6.45, 7) is 6.05. The van der Waals surface area contributed by atoms with Crippen molar-refractivity contribution in [2.24, 2.45) is 0 Å². The lowest BCUT2D eigenvalue weighted by Gasteiger charge is -2.20. The molecule has 0 saturated carbocycles. The molecule has 19 heavy (non-hydrogen) atoms. The number of nitrogens with zero attached hydrogens (tertiary/aromatic N) is 3. The van der Waals surface area contributed by atoms with Crippen molar-refractivity contribution in [2.75, 3.05) is 16.8 Å². The predicted octanol–water partition coefficient (Wildman–Crippen LogP) is 4.06. The lowest BCUT2D eigenvalue weighted by atomic mass is 10.2. The fraction of sp³-hybridized carbons (Fsp3) is 0.429. The van der Waals surface area contributed by atoms with Crippen LogP contribution in [-0.2, 0) is 6.54 Å². The van der Waals surface area contributed by atoms with Gasteiger partial charge in [-0.1, -0.05) is 60.1 Å². The van der Waals surface area contributed by atoms with Gasteiger partial charge in [0.2, 0.25) is 5.13 Å². The van der Waals surface area contributed by atoms with Gasteiger partial charge in [-0.3, -0.25) is 0 Å². The highest BCUT2D eigenvalue weighted by atomic mass is 79.9. The fourth-order valence-corrected chi connectivity index (χ4v) is 3.00. The van der Waals surface area contributed by atoms with E-state index in [1.165, 1.54) is 17.1 Å². The maximum absolute atomic E-state index is 4.64. The van der Waals surface area contributed by atoms with Crippen LogP contribution in [-0.4, -0.2) is 21.2 Å². The van der Waals surface area contributed by atoms with Crippen LogP contribution in [0.4, 0.5) is 5.13 Å². The monoisotopic (exact) mass is 339 g/mol. The van der Waals surface area contributed by atoms with Gasteiger partial charge in [-0.2, -0.15) is 4.37 Å². The molecule has 0 bridgehead atoms. The molecule has 1 aromatic carbocycles. The zero-order valence-electron chi connectivity index (χ0n) is 11.2. The topological polar surface area (TPSA) is 29.0 Å². The standard InChI is InChI=1S/C14H18BrN3S/c1-11(2)13-16-14(19-17-13)18(9-8-15)10-12-6-4-3-5-7-12/h3-7,11H,8-10H2,1-2H3. The van der Waals surface area contributed by atoms with Gasteiger partial charge in [0.05, 0.1) is 0 Å². The third-order valence-electron chi connectivity index (χ3n) is 2.79. The molecule has 1 aromatic heterocycles. The van der Waals surface area contributed by atoms with Crippen molar-refractivity contribution >= 4 is 32.6 Å². The van der Waals surface area contributed by atoms with E-state index in [1.54, 1.807) is 0 Å². The van der Waals surface area contributed by atoms with Crippen molar-refractivity contribution in [3.8, 4) is 0 Å². The summed E-state index contributed by atoms with van der Waals surface area (Å²) in [4.78, 5) is 6.91. The number of halogens is 1. The Hall–Kier alpha value is -0.940. The van der Waals surface area contributed by atoms with Gasteiger partial charge in [0, 0.05) is 35.9 Å². The van der Waals surface area contributed by atoms with Gasteiger partial charge in [0.1, 0.15) is 5.82 Å². The summed E-state index contributed by atoms with van der Waals surface area (Å²) >= 11 is 5.00. The molecule has 0 aliphatic heterocycles. The van der Waals surface area contributed by atoms with Gasteiger partial charge in [-0.25, -0.2) is 4.98 Å². The Balaban J connectivity index is 2.14. The quantitative estimate of drug-likeness (QED) is 0.743. The number of hydrogen-bond acceptors (Lipinski definition) is 4. The van der Waals surface area contributed by atoms with Crippen LogP contribution in [0, 0.1) is 0 Å². The SMILES string of the molecule is CC(C)c1nsc(N(CCBr)Cc2ccccc2)n1. The van der Waals surface area contributed by atoms with Gasteiger partial charge in [-0.05, 0) is 5.56 Å². The van der Waals surface area contributed by atoms with Crippen LogP contribution in [0.3, 0.4) is 0 Å².